The molecule has 0 amide bonds. The molecule has 0 aliphatic heterocycles. The highest BCUT2D eigenvalue weighted by Gasteiger charge is 2.25. The summed E-state index contributed by atoms with van der Waals surface area (Å²) in [5, 5.41) is 0. The number of carbonyl (C=O) groups is 1. The highest BCUT2D eigenvalue weighted by Crippen LogP contribution is 2.43. The number of phosphoric acid groups is 1. The molecule has 0 saturated carbocycles. The fourth-order valence-corrected chi connectivity index (χ4v) is 6.39. The molecule has 0 radical (unpaired) electrons. The van der Waals surface area contributed by atoms with E-state index in [9.17, 15) is 14.3 Å². The summed E-state index contributed by atoms with van der Waals surface area (Å²) in [5.74, 6) is -0.386. The van der Waals surface area contributed by atoms with Crippen LogP contribution >= 0.6 is 7.82 Å². The van der Waals surface area contributed by atoms with Gasteiger partial charge in [0.15, 0.2) is 0 Å². The zero-order chi connectivity index (χ0) is 38.8. The molecule has 0 aliphatic carbocycles. The first-order valence-electron chi connectivity index (χ1n) is 21.3. The fourth-order valence-electron chi connectivity index (χ4n) is 5.62. The first-order valence-corrected chi connectivity index (χ1v) is 22.8. The van der Waals surface area contributed by atoms with Crippen molar-refractivity contribution in [1.29, 1.82) is 0 Å². The van der Waals surface area contributed by atoms with E-state index in [-0.39, 0.29) is 38.8 Å². The van der Waals surface area contributed by atoms with Crippen LogP contribution in [0, 0.1) is 0 Å². The zero-order valence-corrected chi connectivity index (χ0v) is 34.9. The van der Waals surface area contributed by atoms with Crippen LogP contribution in [-0.4, -0.2) is 49.9 Å². The number of phosphoric ester groups is 1. The molecule has 0 aromatic heterocycles. The molecular weight excluding hydrogens is 685 g/mol. The van der Waals surface area contributed by atoms with Crippen LogP contribution < -0.4 is 5.73 Å². The minimum absolute atomic E-state index is 0.0900. The van der Waals surface area contributed by atoms with E-state index in [4.69, 9.17) is 24.3 Å². The zero-order valence-electron chi connectivity index (χ0n) is 34.0. The number of ether oxygens (including phenoxy) is 2. The summed E-state index contributed by atoms with van der Waals surface area (Å²) in [5.41, 5.74) is 5.36. The third-order valence-electron chi connectivity index (χ3n) is 8.70. The maximum absolute atomic E-state index is 12.5. The van der Waals surface area contributed by atoms with Crippen LogP contribution in [0.2, 0.25) is 0 Å². The summed E-state index contributed by atoms with van der Waals surface area (Å²) in [7, 11) is -4.29. The molecule has 0 saturated heterocycles. The van der Waals surface area contributed by atoms with Crippen LogP contribution in [-0.2, 0) is 27.9 Å². The molecule has 0 aromatic rings. The van der Waals surface area contributed by atoms with Gasteiger partial charge in [0.1, 0.15) is 6.10 Å². The third kappa shape index (κ3) is 41.2. The van der Waals surface area contributed by atoms with Gasteiger partial charge in [-0.2, -0.15) is 0 Å². The van der Waals surface area contributed by atoms with E-state index in [1.807, 2.05) is 0 Å². The average molecular weight is 766 g/mol. The van der Waals surface area contributed by atoms with Crippen molar-refractivity contribution in [2.24, 2.45) is 5.73 Å². The highest BCUT2D eigenvalue weighted by atomic mass is 31.2. The molecule has 0 heterocycles. The van der Waals surface area contributed by atoms with Crippen LogP contribution in [0.15, 0.2) is 60.8 Å². The molecular formula is C44H80NO7P. The largest absolute Gasteiger partial charge is 0.472 e. The number of carbonyl (C=O) groups excluding carboxylic acids is 1. The quantitative estimate of drug-likeness (QED) is 0.0274. The van der Waals surface area contributed by atoms with Gasteiger partial charge < -0.3 is 20.1 Å². The number of hydrogen-bond donors (Lipinski definition) is 2. The van der Waals surface area contributed by atoms with Crippen molar-refractivity contribution in [1.82, 2.24) is 0 Å². The van der Waals surface area contributed by atoms with Gasteiger partial charge in [-0.25, -0.2) is 4.57 Å². The van der Waals surface area contributed by atoms with Crippen LogP contribution in [0.4, 0.5) is 0 Å². The molecule has 8 nitrogen and oxygen atoms in total. The maximum Gasteiger partial charge on any atom is 0.472 e. The molecule has 0 bridgehead atoms. The molecule has 0 fully saturated rings. The predicted molar refractivity (Wildman–Crippen MR) is 224 cm³/mol. The van der Waals surface area contributed by atoms with Gasteiger partial charge in [-0.15, -0.1) is 0 Å². The first-order chi connectivity index (χ1) is 25.9. The predicted octanol–water partition coefficient (Wildman–Crippen LogP) is 12.6. The Kier molecular flexibility index (Phi) is 40.0. The summed E-state index contributed by atoms with van der Waals surface area (Å²) >= 11 is 0. The van der Waals surface area contributed by atoms with Gasteiger partial charge in [0.2, 0.25) is 0 Å². The summed E-state index contributed by atoms with van der Waals surface area (Å²) in [4.78, 5) is 22.4. The molecule has 0 rings (SSSR count). The molecule has 2 unspecified atom stereocenters. The topological polar surface area (TPSA) is 117 Å². The number of allylic oxidation sites excluding steroid dienone is 10. The second-order valence-corrected chi connectivity index (χ2v) is 15.3. The molecule has 53 heavy (non-hydrogen) atoms. The molecule has 0 aliphatic rings. The van der Waals surface area contributed by atoms with Gasteiger partial charge in [0.25, 0.3) is 0 Å². The highest BCUT2D eigenvalue weighted by molar-refractivity contribution is 7.47. The van der Waals surface area contributed by atoms with Gasteiger partial charge >= 0.3 is 13.8 Å². The Morgan fingerprint density at radius 2 is 1.04 bits per heavy atom. The van der Waals surface area contributed by atoms with Crippen molar-refractivity contribution < 1.29 is 32.8 Å². The molecule has 9 heteroatoms. The van der Waals surface area contributed by atoms with Crippen LogP contribution in [0.25, 0.3) is 0 Å². The lowest BCUT2D eigenvalue weighted by Gasteiger charge is -2.20. The summed E-state index contributed by atoms with van der Waals surface area (Å²) < 4.78 is 33.4. The van der Waals surface area contributed by atoms with E-state index in [1.54, 1.807) is 0 Å². The second-order valence-electron chi connectivity index (χ2n) is 13.8. The molecule has 0 aromatic carbocycles. The van der Waals surface area contributed by atoms with Gasteiger partial charge in [-0.1, -0.05) is 177 Å². The van der Waals surface area contributed by atoms with E-state index < -0.39 is 13.9 Å². The lowest BCUT2D eigenvalue weighted by molar-refractivity contribution is -0.154. The Balaban J connectivity index is 4.13. The second kappa shape index (κ2) is 41.4. The van der Waals surface area contributed by atoms with E-state index in [0.717, 1.165) is 51.4 Å². The van der Waals surface area contributed by atoms with E-state index in [2.05, 4.69) is 74.6 Å². The standard InChI is InChI=1S/C44H80NO7P/c1-3-5-7-9-11-13-15-17-19-21-23-25-27-29-31-33-35-37-44(46)52-43(42-51-53(47,48)50-40-38-45)41-49-39-36-34-32-30-28-26-24-22-20-18-16-14-12-10-8-6-4-2/h5,7,11,13,17,19,23,25,29,31,43H,3-4,6,8-10,12,14-16,18,20-22,24,26-28,30,32-42,45H2,1-2H3,(H,47,48)/b7-5-,13-11-,19-17-,25-23-,31-29-. The Bertz CT molecular complexity index is 994. The SMILES string of the molecule is CC/C=C\C/C=C\C/C=C\C/C=C\C/C=C\CCCC(=O)OC(COCCCCCCCCCCCCCCCCCCC)COP(=O)(O)OCCN. The molecule has 3 N–H and O–H groups in total. The van der Waals surface area contributed by atoms with E-state index in [0.29, 0.717) is 13.0 Å². The van der Waals surface area contributed by atoms with Crippen molar-refractivity contribution in [3.8, 4) is 0 Å². The van der Waals surface area contributed by atoms with Crippen molar-refractivity contribution >= 4 is 13.8 Å². The summed E-state index contributed by atoms with van der Waals surface area (Å²) in [6.45, 7) is 4.74. The van der Waals surface area contributed by atoms with Gasteiger partial charge in [0, 0.05) is 19.6 Å². The Labute approximate surface area is 325 Å². The van der Waals surface area contributed by atoms with Crippen molar-refractivity contribution in [3.63, 3.8) is 0 Å². The smallest absolute Gasteiger partial charge is 0.457 e. The van der Waals surface area contributed by atoms with Crippen molar-refractivity contribution in [2.75, 3.05) is 33.0 Å². The van der Waals surface area contributed by atoms with Crippen molar-refractivity contribution in [3.05, 3.63) is 60.8 Å². The number of hydrogen-bond acceptors (Lipinski definition) is 7. The number of esters is 1. The van der Waals surface area contributed by atoms with Crippen LogP contribution in [0.5, 0.6) is 0 Å². The summed E-state index contributed by atoms with van der Waals surface area (Å²) in [6.07, 6.45) is 49.6. The Hall–Kier alpha value is -1.80. The van der Waals surface area contributed by atoms with Gasteiger partial charge in [-0.3, -0.25) is 13.8 Å². The lowest BCUT2D eigenvalue weighted by Crippen LogP contribution is -2.28. The third-order valence-corrected chi connectivity index (χ3v) is 9.68. The summed E-state index contributed by atoms with van der Waals surface area (Å²) in [6, 6.07) is 0. The van der Waals surface area contributed by atoms with Gasteiger partial charge in [-0.05, 0) is 51.4 Å². The van der Waals surface area contributed by atoms with Crippen molar-refractivity contribution in [2.45, 2.75) is 180 Å². The van der Waals surface area contributed by atoms with E-state index >= 15 is 0 Å². The fraction of sp³-hybridized carbons (Fsp3) is 0.750. The van der Waals surface area contributed by atoms with E-state index in [1.165, 1.54) is 96.3 Å². The molecule has 308 valence electrons. The molecule has 0 spiro atoms. The minimum atomic E-state index is -4.29. The molecule has 2 atom stereocenters. The number of rotatable bonds is 40. The Morgan fingerprint density at radius 3 is 1.51 bits per heavy atom. The van der Waals surface area contributed by atoms with Crippen LogP contribution in [0.3, 0.4) is 0 Å². The normalized spacial score (nSPS) is 14.1. The minimum Gasteiger partial charge on any atom is -0.457 e. The van der Waals surface area contributed by atoms with Gasteiger partial charge in [0.05, 0.1) is 19.8 Å². The number of nitrogens with two attached hydrogens (primary N) is 1. The lowest BCUT2D eigenvalue weighted by atomic mass is 10.0. The van der Waals surface area contributed by atoms with Crippen LogP contribution in [0.1, 0.15) is 174 Å². The average Bonchev–Trinajstić information content (AvgIpc) is 3.15. The maximum atomic E-state index is 12.5. The Morgan fingerprint density at radius 1 is 0.585 bits per heavy atom. The number of unbranched alkanes of at least 4 members (excludes halogenated alkanes) is 17. The monoisotopic (exact) mass is 766 g/mol. The first kappa shape index (κ1) is 51.2.